The van der Waals surface area contributed by atoms with Crippen LogP contribution in [0.15, 0.2) is 48.5 Å². The molecule has 0 unspecified atom stereocenters. The Balaban J connectivity index is 1.38. The first-order chi connectivity index (χ1) is 12.6. The Kier molecular flexibility index (Phi) is 6.12. The van der Waals surface area contributed by atoms with Gasteiger partial charge in [0.15, 0.2) is 6.10 Å². The van der Waals surface area contributed by atoms with E-state index >= 15 is 0 Å². The van der Waals surface area contributed by atoms with Gasteiger partial charge in [0.05, 0.1) is 12.1 Å². The van der Waals surface area contributed by atoms with E-state index in [0.717, 1.165) is 0 Å². The molecule has 5 nitrogen and oxygen atoms in total. The maximum absolute atomic E-state index is 13.5. The molecule has 0 bridgehead atoms. The molecular weight excluding hydrogens is 355 g/mol. The fourth-order valence-electron chi connectivity index (χ4n) is 2.53. The summed E-state index contributed by atoms with van der Waals surface area (Å²) in [6.45, 7) is 0.447. The van der Waals surface area contributed by atoms with Crippen molar-refractivity contribution in [2.75, 3.05) is 17.6 Å². The van der Waals surface area contributed by atoms with Crippen molar-refractivity contribution in [3.63, 3.8) is 0 Å². The lowest BCUT2D eigenvalue weighted by Crippen LogP contribution is -2.41. The molecule has 2 amide bonds. The van der Waals surface area contributed by atoms with Gasteiger partial charge in [0.1, 0.15) is 11.6 Å². The van der Waals surface area contributed by atoms with Gasteiger partial charge < -0.3 is 15.4 Å². The third-order valence-electron chi connectivity index (χ3n) is 3.86. The first-order valence-electron chi connectivity index (χ1n) is 8.28. The molecule has 1 aliphatic rings. The topological polar surface area (TPSA) is 67.4 Å². The minimum Gasteiger partial charge on any atom is -0.478 e. The highest BCUT2D eigenvalue weighted by molar-refractivity contribution is 7.98. The van der Waals surface area contributed by atoms with E-state index in [1.807, 2.05) is 0 Å². The van der Waals surface area contributed by atoms with Crippen LogP contribution in [-0.2, 0) is 15.3 Å². The molecule has 26 heavy (non-hydrogen) atoms. The van der Waals surface area contributed by atoms with E-state index in [0.29, 0.717) is 35.1 Å². The summed E-state index contributed by atoms with van der Waals surface area (Å²) in [6, 6.07) is 13.7. The summed E-state index contributed by atoms with van der Waals surface area (Å²) in [6.07, 6.45) is -0.881. The minimum atomic E-state index is -0.837. The fraction of sp³-hybridized carbons (Fsp3) is 0.263. The van der Waals surface area contributed by atoms with Crippen LogP contribution >= 0.6 is 11.8 Å². The van der Waals surface area contributed by atoms with Crippen LogP contribution < -0.4 is 15.4 Å². The molecule has 0 saturated carbocycles. The molecule has 1 atom stereocenters. The summed E-state index contributed by atoms with van der Waals surface area (Å²) in [5.74, 6) is 0.965. The fourth-order valence-corrected chi connectivity index (χ4v) is 3.37. The summed E-state index contributed by atoms with van der Waals surface area (Å²) in [5.41, 5.74) is 1.26. The Morgan fingerprint density at radius 3 is 2.81 bits per heavy atom. The lowest BCUT2D eigenvalue weighted by Gasteiger charge is -2.25. The van der Waals surface area contributed by atoms with Crippen molar-refractivity contribution < 1.29 is 18.7 Å². The second-order valence-corrected chi connectivity index (χ2v) is 6.90. The van der Waals surface area contributed by atoms with E-state index in [4.69, 9.17) is 4.74 Å². The summed E-state index contributed by atoms with van der Waals surface area (Å²) >= 11 is 1.53. The summed E-state index contributed by atoms with van der Waals surface area (Å²) in [5, 5.41) is 5.49. The van der Waals surface area contributed by atoms with Gasteiger partial charge in [0.2, 0.25) is 5.91 Å². The van der Waals surface area contributed by atoms with Crippen molar-refractivity contribution in [3.05, 3.63) is 59.9 Å². The number of carbonyl (C=O) groups excluding carboxylic acids is 2. The molecule has 0 radical (unpaired) electrons. The van der Waals surface area contributed by atoms with Crippen molar-refractivity contribution in [1.82, 2.24) is 5.32 Å². The smallest absolute Gasteiger partial charge is 0.266 e. The van der Waals surface area contributed by atoms with E-state index < -0.39 is 6.10 Å². The van der Waals surface area contributed by atoms with Crippen LogP contribution in [0.1, 0.15) is 12.0 Å². The maximum Gasteiger partial charge on any atom is 0.266 e. The van der Waals surface area contributed by atoms with E-state index in [1.54, 1.807) is 42.5 Å². The Hall–Kier alpha value is -2.54. The molecule has 3 rings (SSSR count). The molecule has 0 saturated heterocycles. The van der Waals surface area contributed by atoms with Crippen molar-refractivity contribution in [2.45, 2.75) is 18.3 Å². The summed E-state index contributed by atoms with van der Waals surface area (Å²) in [4.78, 5) is 24.0. The number of hydrogen-bond acceptors (Lipinski definition) is 4. The first kappa shape index (κ1) is 18.3. The molecular formula is C19H19FN2O3S. The highest BCUT2D eigenvalue weighted by Gasteiger charge is 2.29. The molecule has 1 aliphatic heterocycles. The zero-order chi connectivity index (χ0) is 18.4. The quantitative estimate of drug-likeness (QED) is 0.731. The molecule has 0 aliphatic carbocycles. The first-order valence-corrected chi connectivity index (χ1v) is 9.43. The van der Waals surface area contributed by atoms with Gasteiger partial charge >= 0.3 is 0 Å². The van der Waals surface area contributed by atoms with Crippen molar-refractivity contribution in [1.29, 1.82) is 0 Å². The van der Waals surface area contributed by atoms with Crippen LogP contribution in [0.3, 0.4) is 0 Å². The number of thioether (sulfide) groups is 1. The zero-order valence-electron chi connectivity index (χ0n) is 14.0. The average Bonchev–Trinajstić information content (AvgIpc) is 2.63. The third-order valence-corrected chi connectivity index (χ3v) is 4.87. The van der Waals surface area contributed by atoms with Crippen molar-refractivity contribution in [3.8, 4) is 5.75 Å². The largest absolute Gasteiger partial charge is 0.478 e. The van der Waals surface area contributed by atoms with Crippen LogP contribution in [-0.4, -0.2) is 30.2 Å². The van der Waals surface area contributed by atoms with Gasteiger partial charge in [-0.25, -0.2) is 4.39 Å². The number of amides is 2. The number of anilines is 1. The standard InChI is InChI=1S/C19H19FN2O3S/c20-14-6-2-1-5-13(14)12-26-10-9-21-18(23)11-17-19(24)22-15-7-3-4-8-16(15)25-17/h1-8,17H,9-12H2,(H,21,23)(H,22,24)/t17-/m1/s1. The highest BCUT2D eigenvalue weighted by Crippen LogP contribution is 2.29. The maximum atomic E-state index is 13.5. The molecule has 2 N–H and O–H groups in total. The number of fused-ring (bicyclic) bond motifs is 1. The molecule has 136 valence electrons. The summed E-state index contributed by atoms with van der Waals surface area (Å²) < 4.78 is 19.1. The van der Waals surface area contributed by atoms with Crippen LogP contribution in [0.4, 0.5) is 10.1 Å². The van der Waals surface area contributed by atoms with Crippen LogP contribution in [0.2, 0.25) is 0 Å². The van der Waals surface area contributed by atoms with Gasteiger partial charge in [-0.05, 0) is 23.8 Å². The van der Waals surface area contributed by atoms with E-state index in [9.17, 15) is 14.0 Å². The minimum absolute atomic E-state index is 0.0435. The van der Waals surface area contributed by atoms with E-state index in [2.05, 4.69) is 10.6 Å². The van der Waals surface area contributed by atoms with Crippen LogP contribution in [0, 0.1) is 5.82 Å². The van der Waals surface area contributed by atoms with Gasteiger partial charge in [-0.3, -0.25) is 9.59 Å². The average molecular weight is 374 g/mol. The van der Waals surface area contributed by atoms with Crippen molar-refractivity contribution >= 4 is 29.3 Å². The molecule has 2 aromatic carbocycles. The summed E-state index contributed by atoms with van der Waals surface area (Å²) in [7, 11) is 0. The van der Waals surface area contributed by atoms with Crippen LogP contribution in [0.25, 0.3) is 0 Å². The Bertz CT molecular complexity index is 800. The number of para-hydroxylation sites is 2. The van der Waals surface area contributed by atoms with Gasteiger partial charge in [-0.2, -0.15) is 11.8 Å². The van der Waals surface area contributed by atoms with E-state index in [-0.39, 0.29) is 24.1 Å². The van der Waals surface area contributed by atoms with Crippen molar-refractivity contribution in [2.24, 2.45) is 0 Å². The number of benzene rings is 2. The SMILES string of the molecule is O=C(C[C@H]1Oc2ccccc2NC1=O)NCCSCc1ccccc1F. The lowest BCUT2D eigenvalue weighted by atomic mass is 10.1. The molecule has 0 spiro atoms. The van der Waals surface area contributed by atoms with Gasteiger partial charge in [-0.15, -0.1) is 0 Å². The lowest BCUT2D eigenvalue weighted by molar-refractivity contribution is -0.130. The number of ether oxygens (including phenoxy) is 1. The number of halogens is 1. The van der Waals surface area contributed by atoms with Gasteiger partial charge in [0, 0.05) is 18.1 Å². The normalized spacial score (nSPS) is 15.6. The molecule has 0 fully saturated rings. The number of carbonyl (C=O) groups is 2. The molecule has 2 aromatic rings. The monoisotopic (exact) mass is 374 g/mol. The second-order valence-electron chi connectivity index (χ2n) is 5.79. The number of hydrogen-bond donors (Lipinski definition) is 2. The molecule has 1 heterocycles. The predicted octanol–water partition coefficient (Wildman–Crippen LogP) is 2.96. The Morgan fingerprint density at radius 2 is 1.96 bits per heavy atom. The number of rotatable bonds is 7. The second kappa shape index (κ2) is 8.71. The Labute approximate surface area is 155 Å². The predicted molar refractivity (Wildman–Crippen MR) is 99.7 cm³/mol. The van der Waals surface area contributed by atoms with Gasteiger partial charge in [0.25, 0.3) is 5.91 Å². The Morgan fingerprint density at radius 1 is 1.19 bits per heavy atom. The third kappa shape index (κ3) is 4.76. The van der Waals surface area contributed by atoms with Gasteiger partial charge in [-0.1, -0.05) is 30.3 Å². The highest BCUT2D eigenvalue weighted by atomic mass is 32.2. The molecule has 0 aromatic heterocycles. The number of nitrogens with one attached hydrogen (secondary N) is 2. The van der Waals surface area contributed by atoms with Crippen LogP contribution in [0.5, 0.6) is 5.75 Å². The molecule has 7 heteroatoms. The van der Waals surface area contributed by atoms with E-state index in [1.165, 1.54) is 17.8 Å². The zero-order valence-corrected chi connectivity index (χ0v) is 14.9.